The summed E-state index contributed by atoms with van der Waals surface area (Å²) in [6, 6.07) is 9.30. The van der Waals surface area contributed by atoms with Crippen LogP contribution in [0.2, 0.25) is 0 Å². The maximum absolute atomic E-state index is 13.1. The maximum Gasteiger partial charge on any atom is 0.249 e. The fourth-order valence-corrected chi connectivity index (χ4v) is 2.60. The number of amides is 1. The number of aromatic nitrogens is 1. The van der Waals surface area contributed by atoms with Crippen LogP contribution in [0.4, 0.5) is 4.39 Å². The molecule has 0 aliphatic carbocycles. The Balaban J connectivity index is 1.50. The molecule has 1 aromatic carbocycles. The largest absolute Gasteiger partial charge is 0.439 e. The summed E-state index contributed by atoms with van der Waals surface area (Å²) in [5.41, 5.74) is 6.37. The molecule has 0 radical (unpaired) electrons. The molecule has 0 saturated carbocycles. The average Bonchev–Trinajstić information content (AvgIpc) is 3.10. The number of nitrogens with one attached hydrogen (secondary N) is 1. The van der Waals surface area contributed by atoms with Gasteiger partial charge >= 0.3 is 0 Å². The Hall–Kier alpha value is -2.51. The van der Waals surface area contributed by atoms with Crippen LogP contribution in [0.15, 0.2) is 42.6 Å². The predicted octanol–water partition coefficient (Wildman–Crippen LogP) is 2.14. The highest BCUT2D eigenvalue weighted by Crippen LogP contribution is 2.21. The second-order valence-corrected chi connectivity index (χ2v) is 5.84. The van der Waals surface area contributed by atoms with Crippen molar-refractivity contribution in [2.45, 2.75) is 31.6 Å². The second-order valence-electron chi connectivity index (χ2n) is 5.84. The number of hydrogen-bond donors (Lipinski definition) is 2. The van der Waals surface area contributed by atoms with E-state index in [1.807, 2.05) is 0 Å². The lowest BCUT2D eigenvalue weighted by Crippen LogP contribution is -2.35. The van der Waals surface area contributed by atoms with Crippen molar-refractivity contribution in [2.24, 2.45) is 5.73 Å². The zero-order valence-electron chi connectivity index (χ0n) is 13.7. The molecule has 0 bridgehead atoms. The summed E-state index contributed by atoms with van der Waals surface area (Å²) in [6.45, 7) is 0.777. The van der Waals surface area contributed by atoms with E-state index in [9.17, 15) is 9.18 Å². The Morgan fingerprint density at radius 1 is 1.36 bits per heavy atom. The number of rotatable bonds is 6. The highest BCUT2D eigenvalue weighted by molar-refractivity contribution is 5.81. The summed E-state index contributed by atoms with van der Waals surface area (Å²) in [5, 5.41) is 2.83. The number of pyridine rings is 1. The topological polar surface area (TPSA) is 86.5 Å². The van der Waals surface area contributed by atoms with Gasteiger partial charge in [0.05, 0.1) is 6.10 Å². The summed E-state index contributed by atoms with van der Waals surface area (Å²) in [6.07, 6.45) is 2.63. The molecule has 1 amide bonds. The van der Waals surface area contributed by atoms with E-state index in [4.69, 9.17) is 15.2 Å². The van der Waals surface area contributed by atoms with Crippen LogP contribution in [0.1, 0.15) is 18.4 Å². The lowest BCUT2D eigenvalue weighted by Gasteiger charge is -2.12. The van der Waals surface area contributed by atoms with E-state index >= 15 is 0 Å². The van der Waals surface area contributed by atoms with Gasteiger partial charge in [0.25, 0.3) is 0 Å². The molecular formula is C18H20FN3O3. The van der Waals surface area contributed by atoms with Crippen molar-refractivity contribution in [3.05, 3.63) is 54.0 Å². The van der Waals surface area contributed by atoms with Crippen molar-refractivity contribution >= 4 is 5.91 Å². The van der Waals surface area contributed by atoms with Crippen LogP contribution in [0.3, 0.4) is 0 Å². The van der Waals surface area contributed by atoms with Crippen molar-refractivity contribution in [2.75, 3.05) is 6.54 Å². The standard InChI is InChI=1S/C18H20FN3O3/c19-13-2-1-3-14(8-13)25-17-7-4-12(10-21-17)11-22-18(23)16-6-5-15(9-20)24-16/h1-4,7-8,10,15-16H,5-6,9,11,20H2,(H,22,23)/t15-,16+/m1/s1. The van der Waals surface area contributed by atoms with Gasteiger partial charge in [-0.15, -0.1) is 0 Å². The van der Waals surface area contributed by atoms with Crippen LogP contribution < -0.4 is 15.8 Å². The zero-order valence-corrected chi connectivity index (χ0v) is 13.7. The van der Waals surface area contributed by atoms with Gasteiger partial charge in [-0.1, -0.05) is 12.1 Å². The van der Waals surface area contributed by atoms with E-state index in [-0.39, 0.29) is 17.8 Å². The highest BCUT2D eigenvalue weighted by atomic mass is 19.1. The molecule has 1 aliphatic heterocycles. The van der Waals surface area contributed by atoms with Crippen molar-refractivity contribution < 1.29 is 18.7 Å². The van der Waals surface area contributed by atoms with Crippen LogP contribution in [-0.2, 0) is 16.1 Å². The quantitative estimate of drug-likeness (QED) is 0.838. The third-order valence-electron chi connectivity index (χ3n) is 3.95. The van der Waals surface area contributed by atoms with E-state index in [2.05, 4.69) is 10.3 Å². The first kappa shape index (κ1) is 17.3. The van der Waals surface area contributed by atoms with Gasteiger partial charge in [-0.05, 0) is 30.5 Å². The molecular weight excluding hydrogens is 325 g/mol. The molecule has 2 heterocycles. The van der Waals surface area contributed by atoms with Crippen molar-refractivity contribution in [3.63, 3.8) is 0 Å². The van der Waals surface area contributed by atoms with Crippen molar-refractivity contribution in [3.8, 4) is 11.6 Å². The van der Waals surface area contributed by atoms with E-state index in [1.165, 1.54) is 12.1 Å². The Morgan fingerprint density at radius 2 is 2.24 bits per heavy atom. The van der Waals surface area contributed by atoms with Crippen molar-refractivity contribution in [1.82, 2.24) is 10.3 Å². The molecule has 1 fully saturated rings. The van der Waals surface area contributed by atoms with Crippen LogP contribution >= 0.6 is 0 Å². The minimum Gasteiger partial charge on any atom is -0.439 e. The summed E-state index contributed by atoms with van der Waals surface area (Å²) in [7, 11) is 0. The van der Waals surface area contributed by atoms with Gasteiger partial charge in [-0.3, -0.25) is 4.79 Å². The number of halogens is 1. The fourth-order valence-electron chi connectivity index (χ4n) is 2.60. The Morgan fingerprint density at radius 3 is 2.92 bits per heavy atom. The van der Waals surface area contributed by atoms with Gasteiger partial charge in [0.1, 0.15) is 17.7 Å². The fraction of sp³-hybridized carbons (Fsp3) is 0.333. The molecule has 3 rings (SSSR count). The Kier molecular flexibility index (Phi) is 5.57. The lowest BCUT2D eigenvalue weighted by atomic mass is 10.2. The van der Waals surface area contributed by atoms with Gasteiger partial charge < -0.3 is 20.5 Å². The first-order chi connectivity index (χ1) is 12.1. The average molecular weight is 345 g/mol. The Bertz CT molecular complexity index is 724. The third-order valence-corrected chi connectivity index (χ3v) is 3.95. The molecule has 132 valence electrons. The lowest BCUT2D eigenvalue weighted by molar-refractivity contribution is -0.132. The van der Waals surface area contributed by atoms with Crippen molar-refractivity contribution in [1.29, 1.82) is 0 Å². The van der Waals surface area contributed by atoms with E-state index in [0.717, 1.165) is 12.0 Å². The normalized spacial score (nSPS) is 19.6. The molecule has 3 N–H and O–H groups in total. The molecule has 2 aromatic rings. The molecule has 1 aliphatic rings. The molecule has 1 saturated heterocycles. The van der Waals surface area contributed by atoms with Gasteiger partial charge in [0.15, 0.2) is 0 Å². The summed E-state index contributed by atoms with van der Waals surface area (Å²) in [5.74, 6) is 0.214. The molecule has 7 heteroatoms. The number of carbonyl (C=O) groups excluding carboxylic acids is 1. The van der Waals surface area contributed by atoms with Gasteiger partial charge in [0.2, 0.25) is 11.8 Å². The highest BCUT2D eigenvalue weighted by Gasteiger charge is 2.29. The number of hydrogen-bond acceptors (Lipinski definition) is 5. The maximum atomic E-state index is 13.1. The number of carbonyl (C=O) groups is 1. The van der Waals surface area contributed by atoms with Crippen LogP contribution in [0.5, 0.6) is 11.6 Å². The van der Waals surface area contributed by atoms with Gasteiger partial charge in [-0.2, -0.15) is 0 Å². The Labute approximate surface area is 145 Å². The summed E-state index contributed by atoms with van der Waals surface area (Å²) in [4.78, 5) is 16.2. The molecule has 1 aromatic heterocycles. The summed E-state index contributed by atoms with van der Waals surface area (Å²) >= 11 is 0. The SMILES string of the molecule is NC[C@H]1CC[C@@H](C(=O)NCc2ccc(Oc3cccc(F)c3)nc2)O1. The number of nitrogens with zero attached hydrogens (tertiary/aromatic N) is 1. The molecule has 0 spiro atoms. The summed E-state index contributed by atoms with van der Waals surface area (Å²) < 4.78 is 24.2. The van der Waals surface area contributed by atoms with Crippen LogP contribution in [0.25, 0.3) is 0 Å². The monoisotopic (exact) mass is 345 g/mol. The predicted molar refractivity (Wildman–Crippen MR) is 89.5 cm³/mol. The van der Waals surface area contributed by atoms with Gasteiger partial charge in [0, 0.05) is 31.4 Å². The number of nitrogens with two attached hydrogens (primary N) is 1. The minimum absolute atomic E-state index is 0.0309. The first-order valence-electron chi connectivity index (χ1n) is 8.15. The first-order valence-corrected chi connectivity index (χ1v) is 8.15. The van der Waals surface area contributed by atoms with Crippen LogP contribution in [0, 0.1) is 5.82 Å². The second kappa shape index (κ2) is 8.04. The molecule has 6 nitrogen and oxygen atoms in total. The molecule has 25 heavy (non-hydrogen) atoms. The van der Waals surface area contributed by atoms with Gasteiger partial charge in [-0.25, -0.2) is 9.37 Å². The molecule has 2 atom stereocenters. The number of ether oxygens (including phenoxy) is 2. The zero-order chi connectivity index (χ0) is 17.6. The smallest absolute Gasteiger partial charge is 0.249 e. The van der Waals surface area contributed by atoms with E-state index in [1.54, 1.807) is 30.5 Å². The van der Waals surface area contributed by atoms with E-state index < -0.39 is 6.10 Å². The molecule has 0 unspecified atom stereocenters. The third kappa shape index (κ3) is 4.74. The van der Waals surface area contributed by atoms with Crippen LogP contribution in [-0.4, -0.2) is 29.6 Å². The minimum atomic E-state index is -0.433. The van der Waals surface area contributed by atoms with E-state index in [0.29, 0.717) is 31.1 Å². The number of benzene rings is 1.